The molecule has 1 fully saturated rings. The number of hydrogen-bond donors (Lipinski definition) is 1. The lowest BCUT2D eigenvalue weighted by molar-refractivity contribution is 0.293. The van der Waals surface area contributed by atoms with Crippen molar-refractivity contribution < 1.29 is 4.21 Å². The molecule has 2 nitrogen and oxygen atoms in total. The van der Waals surface area contributed by atoms with E-state index in [1.54, 1.807) is 0 Å². The van der Waals surface area contributed by atoms with E-state index in [-0.39, 0.29) is 4.75 Å². The molecular formula is C9H19NOS. The van der Waals surface area contributed by atoms with Gasteiger partial charge in [-0.1, -0.05) is 0 Å². The van der Waals surface area contributed by atoms with Crippen LogP contribution in [0, 0.1) is 5.92 Å². The molecule has 0 aromatic heterocycles. The minimum Gasteiger partial charge on any atom is -0.328 e. The number of hydrogen-bond acceptors (Lipinski definition) is 2. The molecule has 3 heteroatoms. The van der Waals surface area contributed by atoms with E-state index in [4.69, 9.17) is 5.73 Å². The van der Waals surface area contributed by atoms with Gasteiger partial charge in [-0.25, -0.2) is 0 Å². The van der Waals surface area contributed by atoms with E-state index in [0.717, 1.165) is 18.6 Å². The van der Waals surface area contributed by atoms with Crippen LogP contribution in [0.2, 0.25) is 0 Å². The van der Waals surface area contributed by atoms with Crippen molar-refractivity contribution in [2.24, 2.45) is 11.7 Å². The summed E-state index contributed by atoms with van der Waals surface area (Å²) in [6.07, 6.45) is 2.14. The fourth-order valence-electron chi connectivity index (χ4n) is 1.39. The van der Waals surface area contributed by atoms with Gasteiger partial charge in [-0.3, -0.25) is 4.21 Å². The minimum atomic E-state index is -0.687. The maximum atomic E-state index is 11.6. The van der Waals surface area contributed by atoms with Gasteiger partial charge in [0.2, 0.25) is 0 Å². The third kappa shape index (κ3) is 2.56. The summed E-state index contributed by atoms with van der Waals surface area (Å²) < 4.78 is 11.6. The normalized spacial score (nSPS) is 32.7. The van der Waals surface area contributed by atoms with Gasteiger partial charge in [-0.05, 0) is 39.5 Å². The van der Waals surface area contributed by atoms with Crippen LogP contribution in [0.3, 0.4) is 0 Å². The Morgan fingerprint density at radius 2 is 1.92 bits per heavy atom. The molecule has 0 aromatic rings. The average Bonchev–Trinajstić information content (AvgIpc) is 1.82. The summed E-state index contributed by atoms with van der Waals surface area (Å²) in [7, 11) is -0.687. The Bertz CT molecular complexity index is 179. The highest BCUT2D eigenvalue weighted by Gasteiger charge is 2.30. The van der Waals surface area contributed by atoms with Crippen LogP contribution in [0.15, 0.2) is 0 Å². The highest BCUT2D eigenvalue weighted by atomic mass is 32.2. The molecule has 0 bridgehead atoms. The molecule has 0 amide bonds. The second-order valence-electron chi connectivity index (χ2n) is 4.72. The molecule has 72 valence electrons. The van der Waals surface area contributed by atoms with Crippen molar-refractivity contribution in [3.8, 4) is 0 Å². The molecule has 1 aliphatic rings. The Morgan fingerprint density at radius 3 is 2.25 bits per heavy atom. The summed E-state index contributed by atoms with van der Waals surface area (Å²) in [6, 6.07) is 0.381. The monoisotopic (exact) mass is 189 g/mol. The standard InChI is InChI=1S/C9H19NOS/c1-9(2,3)12(11)6-7-4-8(10)5-7/h7-8H,4-6,10H2,1-3H3. The molecule has 0 saturated heterocycles. The van der Waals surface area contributed by atoms with Crippen molar-refractivity contribution in [1.82, 2.24) is 0 Å². The first-order valence-electron chi connectivity index (χ1n) is 4.53. The fourth-order valence-corrected chi connectivity index (χ4v) is 2.59. The van der Waals surface area contributed by atoms with Gasteiger partial charge in [0.25, 0.3) is 0 Å². The molecule has 12 heavy (non-hydrogen) atoms. The highest BCUT2D eigenvalue weighted by Crippen LogP contribution is 2.28. The first kappa shape index (κ1) is 10.2. The smallest absolute Gasteiger partial charge is 0.0375 e. The van der Waals surface area contributed by atoms with E-state index in [0.29, 0.717) is 12.0 Å². The van der Waals surface area contributed by atoms with E-state index >= 15 is 0 Å². The Hall–Kier alpha value is 0.110. The maximum Gasteiger partial charge on any atom is 0.0375 e. The van der Waals surface area contributed by atoms with Crippen molar-refractivity contribution in [2.75, 3.05) is 5.75 Å². The SMILES string of the molecule is CC(C)(C)S(=O)CC1CC(N)C1. The summed E-state index contributed by atoms with van der Waals surface area (Å²) >= 11 is 0. The largest absolute Gasteiger partial charge is 0.328 e. The van der Waals surface area contributed by atoms with Gasteiger partial charge >= 0.3 is 0 Å². The summed E-state index contributed by atoms with van der Waals surface area (Å²) in [4.78, 5) is 0. The lowest BCUT2D eigenvalue weighted by Gasteiger charge is -2.33. The Kier molecular flexibility index (Phi) is 2.94. The van der Waals surface area contributed by atoms with Crippen molar-refractivity contribution in [3.05, 3.63) is 0 Å². The molecule has 0 spiro atoms. The Morgan fingerprint density at radius 1 is 1.42 bits per heavy atom. The molecular weight excluding hydrogens is 170 g/mol. The van der Waals surface area contributed by atoms with Crippen LogP contribution < -0.4 is 5.73 Å². The molecule has 1 saturated carbocycles. The number of rotatable bonds is 2. The summed E-state index contributed by atoms with van der Waals surface area (Å²) in [5.74, 6) is 1.47. The zero-order valence-corrected chi connectivity index (χ0v) is 8.99. The van der Waals surface area contributed by atoms with Crippen LogP contribution in [0.25, 0.3) is 0 Å². The first-order chi connectivity index (χ1) is 5.39. The lowest BCUT2D eigenvalue weighted by Crippen LogP contribution is -2.40. The number of nitrogens with two attached hydrogens (primary N) is 1. The van der Waals surface area contributed by atoms with Gasteiger partial charge in [0.05, 0.1) is 0 Å². The Balaban J connectivity index is 2.28. The second kappa shape index (κ2) is 3.46. The zero-order chi connectivity index (χ0) is 9.35. The summed E-state index contributed by atoms with van der Waals surface area (Å²) in [5.41, 5.74) is 5.65. The van der Waals surface area contributed by atoms with E-state index < -0.39 is 10.8 Å². The summed E-state index contributed by atoms with van der Waals surface area (Å²) in [5, 5.41) is 0. The molecule has 0 aromatic carbocycles. The third-order valence-corrected chi connectivity index (χ3v) is 4.48. The minimum absolute atomic E-state index is 0.0559. The van der Waals surface area contributed by atoms with Crippen LogP contribution in [-0.4, -0.2) is 20.8 Å². The van der Waals surface area contributed by atoms with E-state index in [9.17, 15) is 4.21 Å². The molecule has 0 radical (unpaired) electrons. The summed E-state index contributed by atoms with van der Waals surface area (Å²) in [6.45, 7) is 6.09. The molecule has 1 atom stereocenters. The molecule has 0 aliphatic heterocycles. The van der Waals surface area contributed by atoms with E-state index in [1.807, 2.05) is 20.8 Å². The highest BCUT2D eigenvalue weighted by molar-refractivity contribution is 7.86. The van der Waals surface area contributed by atoms with E-state index in [2.05, 4.69) is 0 Å². The fraction of sp³-hybridized carbons (Fsp3) is 1.00. The van der Waals surface area contributed by atoms with Gasteiger partial charge in [-0.15, -0.1) is 0 Å². The molecule has 1 unspecified atom stereocenters. The van der Waals surface area contributed by atoms with Crippen LogP contribution in [0.5, 0.6) is 0 Å². The van der Waals surface area contributed by atoms with Gasteiger partial charge < -0.3 is 5.73 Å². The van der Waals surface area contributed by atoms with E-state index in [1.165, 1.54) is 0 Å². The topological polar surface area (TPSA) is 43.1 Å². The predicted octanol–water partition coefficient (Wildman–Crippen LogP) is 1.27. The molecule has 2 N–H and O–H groups in total. The van der Waals surface area contributed by atoms with Gasteiger partial charge in [0, 0.05) is 27.3 Å². The molecule has 1 rings (SSSR count). The molecule has 1 aliphatic carbocycles. The molecule has 0 heterocycles. The third-order valence-electron chi connectivity index (χ3n) is 2.34. The van der Waals surface area contributed by atoms with Crippen molar-refractivity contribution >= 4 is 10.8 Å². The zero-order valence-electron chi connectivity index (χ0n) is 8.17. The van der Waals surface area contributed by atoms with Crippen LogP contribution >= 0.6 is 0 Å². The van der Waals surface area contributed by atoms with Crippen LogP contribution in [-0.2, 0) is 10.8 Å². The van der Waals surface area contributed by atoms with Crippen LogP contribution in [0.1, 0.15) is 33.6 Å². The Labute approximate surface area is 77.4 Å². The second-order valence-corrected chi connectivity index (χ2v) is 6.97. The van der Waals surface area contributed by atoms with Gasteiger partial charge in [0.1, 0.15) is 0 Å². The maximum absolute atomic E-state index is 11.6. The van der Waals surface area contributed by atoms with Crippen molar-refractivity contribution in [3.63, 3.8) is 0 Å². The quantitative estimate of drug-likeness (QED) is 0.711. The lowest BCUT2D eigenvalue weighted by atomic mass is 9.82. The van der Waals surface area contributed by atoms with Crippen molar-refractivity contribution in [1.29, 1.82) is 0 Å². The predicted molar refractivity (Wildman–Crippen MR) is 53.5 cm³/mol. The van der Waals surface area contributed by atoms with Crippen molar-refractivity contribution in [2.45, 2.75) is 44.4 Å². The van der Waals surface area contributed by atoms with Crippen LogP contribution in [0.4, 0.5) is 0 Å². The average molecular weight is 189 g/mol. The van der Waals surface area contributed by atoms with Gasteiger partial charge in [-0.2, -0.15) is 0 Å². The first-order valence-corrected chi connectivity index (χ1v) is 5.85. The van der Waals surface area contributed by atoms with Gasteiger partial charge in [0.15, 0.2) is 0 Å².